The normalized spacial score (nSPS) is 12.8. The van der Waals surface area contributed by atoms with Crippen LogP contribution in [-0.2, 0) is 10.3 Å². The zero-order valence-corrected chi connectivity index (χ0v) is 15.3. The van der Waals surface area contributed by atoms with E-state index in [1.54, 1.807) is 7.11 Å². The first-order valence-corrected chi connectivity index (χ1v) is 9.22. The fourth-order valence-electron chi connectivity index (χ4n) is 3.44. The van der Waals surface area contributed by atoms with Gasteiger partial charge in [-0.1, -0.05) is 107 Å². The van der Waals surface area contributed by atoms with Crippen LogP contribution < -0.4 is 0 Å². The molecule has 0 radical (unpaired) electrons. The van der Waals surface area contributed by atoms with Gasteiger partial charge in [0.15, 0.2) is 0 Å². The van der Waals surface area contributed by atoms with Gasteiger partial charge in [-0.25, -0.2) is 0 Å². The molecule has 3 aromatic rings. The lowest BCUT2D eigenvalue weighted by Gasteiger charge is -2.40. The van der Waals surface area contributed by atoms with Gasteiger partial charge in [-0.15, -0.1) is 0 Å². The third-order valence-corrected chi connectivity index (χ3v) is 5.22. The van der Waals surface area contributed by atoms with Crippen LogP contribution in [0.5, 0.6) is 0 Å². The van der Waals surface area contributed by atoms with E-state index in [-0.39, 0.29) is 5.92 Å². The van der Waals surface area contributed by atoms with Crippen molar-refractivity contribution in [1.82, 2.24) is 0 Å². The van der Waals surface area contributed by atoms with Crippen molar-refractivity contribution in [1.29, 1.82) is 0 Å². The molecule has 0 amide bonds. The van der Waals surface area contributed by atoms with Gasteiger partial charge >= 0.3 is 0 Å². The first kappa shape index (κ1) is 16.9. The lowest BCUT2D eigenvalue weighted by molar-refractivity contribution is 0.00346. The van der Waals surface area contributed by atoms with Crippen LogP contribution in [0.3, 0.4) is 0 Å². The van der Waals surface area contributed by atoms with E-state index >= 15 is 0 Å². The molecule has 1 nitrogen and oxygen atoms in total. The number of hydrogen-bond acceptors (Lipinski definition) is 1. The Morgan fingerprint density at radius 2 is 1.17 bits per heavy atom. The number of halogens is 1. The second-order valence-electron chi connectivity index (χ2n) is 5.79. The summed E-state index contributed by atoms with van der Waals surface area (Å²) in [5.74, 6) is 0.147. The Bertz CT molecular complexity index is 701. The van der Waals surface area contributed by atoms with Crippen LogP contribution >= 0.6 is 15.9 Å². The highest BCUT2D eigenvalue weighted by Gasteiger charge is 2.42. The molecule has 2 heteroatoms. The Balaban J connectivity index is 2.25. The van der Waals surface area contributed by atoms with E-state index < -0.39 is 5.60 Å². The number of alkyl halides is 1. The van der Waals surface area contributed by atoms with E-state index in [0.29, 0.717) is 0 Å². The zero-order valence-electron chi connectivity index (χ0n) is 13.7. The molecule has 0 aliphatic heterocycles. The van der Waals surface area contributed by atoms with Crippen LogP contribution in [-0.4, -0.2) is 12.4 Å². The molecule has 0 saturated heterocycles. The SMILES string of the molecule is COC(c1ccccc1)(c1ccccc1)C(CBr)c1ccccc1. The largest absolute Gasteiger partial charge is 0.368 e. The first-order chi connectivity index (χ1) is 11.8. The van der Waals surface area contributed by atoms with Crippen molar-refractivity contribution in [3.05, 3.63) is 108 Å². The van der Waals surface area contributed by atoms with Gasteiger partial charge in [-0.3, -0.25) is 0 Å². The molecule has 0 aliphatic rings. The molecule has 3 aromatic carbocycles. The summed E-state index contributed by atoms with van der Waals surface area (Å²) >= 11 is 3.74. The summed E-state index contributed by atoms with van der Waals surface area (Å²) in [6.45, 7) is 0. The molecule has 0 spiro atoms. The maximum Gasteiger partial charge on any atom is 0.125 e. The Hall–Kier alpha value is -1.90. The first-order valence-electron chi connectivity index (χ1n) is 8.10. The molecule has 0 bridgehead atoms. The van der Waals surface area contributed by atoms with Gasteiger partial charge < -0.3 is 4.74 Å². The zero-order chi connectivity index (χ0) is 16.8. The summed E-state index contributed by atoms with van der Waals surface area (Å²) < 4.78 is 6.29. The predicted molar refractivity (Wildman–Crippen MR) is 104 cm³/mol. The lowest BCUT2D eigenvalue weighted by atomic mass is 9.73. The fourth-order valence-corrected chi connectivity index (χ4v) is 4.27. The van der Waals surface area contributed by atoms with E-state index in [9.17, 15) is 0 Å². The van der Waals surface area contributed by atoms with Gasteiger partial charge in [0.1, 0.15) is 5.60 Å². The molecule has 1 atom stereocenters. The van der Waals surface area contributed by atoms with Crippen molar-refractivity contribution >= 4 is 15.9 Å². The average Bonchev–Trinajstić information content (AvgIpc) is 2.68. The molecule has 24 heavy (non-hydrogen) atoms. The topological polar surface area (TPSA) is 9.23 Å². The quantitative estimate of drug-likeness (QED) is 0.494. The summed E-state index contributed by atoms with van der Waals surface area (Å²) in [4.78, 5) is 0. The molecule has 0 heterocycles. The second kappa shape index (κ2) is 7.78. The number of ether oxygens (including phenoxy) is 1. The summed E-state index contributed by atoms with van der Waals surface area (Å²) in [5, 5.41) is 0.800. The van der Waals surface area contributed by atoms with Crippen LogP contribution in [0.25, 0.3) is 0 Å². The molecule has 0 aliphatic carbocycles. The van der Waals surface area contributed by atoms with Gasteiger partial charge in [0.05, 0.1) is 0 Å². The van der Waals surface area contributed by atoms with E-state index in [1.807, 2.05) is 18.2 Å². The van der Waals surface area contributed by atoms with E-state index in [4.69, 9.17) is 4.74 Å². The van der Waals surface area contributed by atoms with Crippen LogP contribution in [0.15, 0.2) is 91.0 Å². The van der Waals surface area contributed by atoms with Crippen molar-refractivity contribution in [3.8, 4) is 0 Å². The van der Waals surface area contributed by atoms with E-state index in [2.05, 4.69) is 88.7 Å². The molecular formula is C22H21BrO. The Kier molecular flexibility index (Phi) is 5.49. The minimum Gasteiger partial charge on any atom is -0.368 e. The second-order valence-corrected chi connectivity index (χ2v) is 6.44. The Morgan fingerprint density at radius 1 is 0.750 bits per heavy atom. The summed E-state index contributed by atoms with van der Waals surface area (Å²) in [6, 6.07) is 31.5. The number of rotatable bonds is 6. The fraction of sp³-hybridized carbons (Fsp3) is 0.182. The van der Waals surface area contributed by atoms with Gasteiger partial charge in [-0.05, 0) is 16.7 Å². The molecule has 1 unspecified atom stereocenters. The summed E-state index contributed by atoms with van der Waals surface area (Å²) in [5.41, 5.74) is 3.02. The third kappa shape index (κ3) is 3.04. The standard InChI is InChI=1S/C22H21BrO/c1-24-22(19-13-7-3-8-14-19,20-15-9-4-10-16-20)21(17-23)18-11-5-2-6-12-18/h2-16,21H,17H2,1H3. The average molecular weight is 381 g/mol. The molecular weight excluding hydrogens is 360 g/mol. The Morgan fingerprint density at radius 3 is 1.54 bits per heavy atom. The van der Waals surface area contributed by atoms with Crippen molar-refractivity contribution < 1.29 is 4.74 Å². The molecule has 0 fully saturated rings. The monoisotopic (exact) mass is 380 g/mol. The third-order valence-electron chi connectivity index (χ3n) is 4.57. The number of benzene rings is 3. The van der Waals surface area contributed by atoms with Gasteiger partial charge in [0, 0.05) is 18.4 Å². The highest BCUT2D eigenvalue weighted by atomic mass is 79.9. The van der Waals surface area contributed by atoms with Gasteiger partial charge in [0.25, 0.3) is 0 Å². The van der Waals surface area contributed by atoms with Crippen molar-refractivity contribution in [2.45, 2.75) is 11.5 Å². The highest BCUT2D eigenvalue weighted by molar-refractivity contribution is 9.09. The summed E-state index contributed by atoms with van der Waals surface area (Å²) in [6.07, 6.45) is 0. The van der Waals surface area contributed by atoms with Crippen molar-refractivity contribution in [2.24, 2.45) is 0 Å². The van der Waals surface area contributed by atoms with Gasteiger partial charge in [0.2, 0.25) is 0 Å². The van der Waals surface area contributed by atoms with Crippen molar-refractivity contribution in [3.63, 3.8) is 0 Å². The molecule has 0 saturated carbocycles. The molecule has 3 rings (SSSR count). The minimum atomic E-state index is -0.548. The molecule has 0 aromatic heterocycles. The highest BCUT2D eigenvalue weighted by Crippen LogP contribution is 2.46. The van der Waals surface area contributed by atoms with Crippen molar-refractivity contribution in [2.75, 3.05) is 12.4 Å². The minimum absolute atomic E-state index is 0.147. The van der Waals surface area contributed by atoms with E-state index in [1.165, 1.54) is 5.56 Å². The number of methoxy groups -OCH3 is 1. The van der Waals surface area contributed by atoms with Crippen LogP contribution in [0, 0.1) is 0 Å². The predicted octanol–water partition coefficient (Wildman–Crippen LogP) is 5.76. The summed E-state index contributed by atoms with van der Waals surface area (Å²) in [7, 11) is 1.80. The van der Waals surface area contributed by atoms with Crippen LogP contribution in [0.1, 0.15) is 22.6 Å². The number of hydrogen-bond donors (Lipinski definition) is 0. The van der Waals surface area contributed by atoms with Crippen LogP contribution in [0.2, 0.25) is 0 Å². The molecule has 0 N–H and O–H groups in total. The smallest absolute Gasteiger partial charge is 0.125 e. The maximum atomic E-state index is 6.29. The van der Waals surface area contributed by atoms with Crippen LogP contribution in [0.4, 0.5) is 0 Å². The Labute approximate surface area is 152 Å². The lowest BCUT2D eigenvalue weighted by Crippen LogP contribution is -2.38. The molecule has 122 valence electrons. The van der Waals surface area contributed by atoms with E-state index in [0.717, 1.165) is 16.5 Å². The maximum absolute atomic E-state index is 6.29. The van der Waals surface area contributed by atoms with Gasteiger partial charge in [-0.2, -0.15) is 0 Å².